The first-order valence-corrected chi connectivity index (χ1v) is 9.31. The van der Waals surface area contributed by atoms with E-state index in [4.69, 9.17) is 9.47 Å². The van der Waals surface area contributed by atoms with Gasteiger partial charge in [0.2, 0.25) is 0 Å². The second-order valence-electron chi connectivity index (χ2n) is 6.16. The van der Waals surface area contributed by atoms with E-state index >= 15 is 0 Å². The smallest absolute Gasteiger partial charge is 0.306 e. The van der Waals surface area contributed by atoms with Gasteiger partial charge in [0.1, 0.15) is 6.10 Å². The molecule has 0 aliphatic carbocycles. The number of esters is 2. The maximum Gasteiger partial charge on any atom is 0.306 e. The summed E-state index contributed by atoms with van der Waals surface area (Å²) in [4.78, 5) is 23.5. The molecule has 0 bridgehead atoms. The molecule has 0 saturated heterocycles. The number of carbonyl (C=O) groups excluding carboxylic acids is 2. The normalized spacial score (nSPS) is 12.0. The van der Waals surface area contributed by atoms with Crippen molar-refractivity contribution in [3.63, 3.8) is 0 Å². The molecule has 0 fully saturated rings. The molecule has 0 saturated carbocycles. The van der Waals surface area contributed by atoms with Gasteiger partial charge in [0, 0.05) is 10.9 Å². The number of hydrogen-bond acceptors (Lipinski definition) is 4. The largest absolute Gasteiger partial charge is 0.465 e. The Morgan fingerprint density at radius 1 is 1.17 bits per heavy atom. The summed E-state index contributed by atoms with van der Waals surface area (Å²) in [6.45, 7) is 6.44. The molecule has 1 unspecified atom stereocenters. The Kier molecular flexibility index (Phi) is 9.69. The molecule has 0 amide bonds. The van der Waals surface area contributed by atoms with Crippen molar-refractivity contribution in [3.05, 3.63) is 34.3 Å². The minimum atomic E-state index is -0.362. The van der Waals surface area contributed by atoms with Gasteiger partial charge in [-0.05, 0) is 30.0 Å². The third-order valence-corrected chi connectivity index (χ3v) is 4.17. The summed E-state index contributed by atoms with van der Waals surface area (Å²) in [5.41, 5.74) is 1.09. The van der Waals surface area contributed by atoms with Crippen molar-refractivity contribution in [2.75, 3.05) is 6.61 Å². The highest BCUT2D eigenvalue weighted by Crippen LogP contribution is 2.14. The van der Waals surface area contributed by atoms with Gasteiger partial charge in [-0.3, -0.25) is 9.59 Å². The maximum absolute atomic E-state index is 11.8. The highest BCUT2D eigenvalue weighted by atomic mass is 79.9. The van der Waals surface area contributed by atoms with E-state index < -0.39 is 0 Å². The van der Waals surface area contributed by atoms with Crippen molar-refractivity contribution in [1.29, 1.82) is 0 Å². The van der Waals surface area contributed by atoms with E-state index in [1.807, 2.05) is 38.1 Å². The summed E-state index contributed by atoms with van der Waals surface area (Å²) in [6.07, 6.45) is 2.53. The van der Waals surface area contributed by atoms with Crippen molar-refractivity contribution in [2.45, 2.75) is 59.0 Å². The molecule has 0 aliphatic heterocycles. The van der Waals surface area contributed by atoms with Gasteiger partial charge in [-0.1, -0.05) is 55.3 Å². The van der Waals surface area contributed by atoms with Crippen LogP contribution in [0.5, 0.6) is 0 Å². The van der Waals surface area contributed by atoms with Crippen molar-refractivity contribution < 1.29 is 19.1 Å². The lowest BCUT2D eigenvalue weighted by atomic mass is 10.0. The zero-order valence-corrected chi connectivity index (χ0v) is 16.3. The summed E-state index contributed by atoms with van der Waals surface area (Å²) in [5.74, 6) is -0.407. The number of benzene rings is 1. The van der Waals surface area contributed by atoms with Crippen LogP contribution >= 0.6 is 15.9 Å². The number of hydrogen-bond donors (Lipinski definition) is 0. The Morgan fingerprint density at radius 2 is 1.88 bits per heavy atom. The summed E-state index contributed by atoms with van der Waals surface area (Å²) in [7, 11) is 0. The topological polar surface area (TPSA) is 52.6 Å². The van der Waals surface area contributed by atoms with Gasteiger partial charge < -0.3 is 9.47 Å². The molecule has 5 heteroatoms. The monoisotopic (exact) mass is 398 g/mol. The van der Waals surface area contributed by atoms with Crippen molar-refractivity contribution >= 4 is 27.9 Å². The predicted molar refractivity (Wildman–Crippen MR) is 97.7 cm³/mol. The number of ether oxygens (including phenoxy) is 2. The second-order valence-corrected chi connectivity index (χ2v) is 7.08. The Labute approximate surface area is 153 Å². The van der Waals surface area contributed by atoms with Crippen LogP contribution in [0.4, 0.5) is 0 Å². The fourth-order valence-electron chi connectivity index (χ4n) is 2.29. The first-order valence-electron chi connectivity index (χ1n) is 8.52. The molecule has 1 atom stereocenters. The van der Waals surface area contributed by atoms with Crippen molar-refractivity contribution in [2.24, 2.45) is 5.92 Å². The Bertz CT molecular complexity index is 528. The first-order chi connectivity index (χ1) is 11.4. The van der Waals surface area contributed by atoms with Gasteiger partial charge in [0.15, 0.2) is 0 Å². The zero-order valence-electron chi connectivity index (χ0n) is 14.7. The molecule has 1 rings (SSSR count). The fourth-order valence-corrected chi connectivity index (χ4v) is 2.74. The summed E-state index contributed by atoms with van der Waals surface area (Å²) in [6, 6.07) is 7.86. The lowest BCUT2D eigenvalue weighted by Gasteiger charge is -2.20. The highest BCUT2D eigenvalue weighted by molar-refractivity contribution is 9.10. The first kappa shape index (κ1) is 20.7. The van der Waals surface area contributed by atoms with E-state index in [2.05, 4.69) is 22.9 Å². The van der Waals surface area contributed by atoms with Crippen LogP contribution in [0.3, 0.4) is 0 Å². The second kappa shape index (κ2) is 11.2. The lowest BCUT2D eigenvalue weighted by Crippen LogP contribution is -2.24. The molecule has 134 valence electrons. The van der Waals surface area contributed by atoms with Gasteiger partial charge in [0.25, 0.3) is 0 Å². The molecule has 0 radical (unpaired) electrons. The van der Waals surface area contributed by atoms with E-state index in [-0.39, 0.29) is 36.8 Å². The van der Waals surface area contributed by atoms with Crippen LogP contribution in [0.15, 0.2) is 28.7 Å². The van der Waals surface area contributed by atoms with Gasteiger partial charge in [-0.25, -0.2) is 0 Å². The van der Waals surface area contributed by atoms with E-state index in [9.17, 15) is 9.59 Å². The minimum absolute atomic E-state index is 0.0637. The molecular weight excluding hydrogens is 372 g/mol. The van der Waals surface area contributed by atoms with Gasteiger partial charge >= 0.3 is 11.9 Å². The van der Waals surface area contributed by atoms with Gasteiger partial charge in [0.05, 0.1) is 19.4 Å². The molecule has 0 spiro atoms. The van der Waals surface area contributed by atoms with E-state index in [0.29, 0.717) is 13.0 Å². The highest BCUT2D eigenvalue weighted by Gasteiger charge is 2.18. The minimum Gasteiger partial charge on any atom is -0.465 e. The third-order valence-electron chi connectivity index (χ3n) is 3.68. The number of halogens is 1. The van der Waals surface area contributed by atoms with E-state index in [1.54, 1.807) is 0 Å². The molecule has 24 heavy (non-hydrogen) atoms. The Morgan fingerprint density at radius 3 is 2.50 bits per heavy atom. The Hall–Kier alpha value is -1.36. The van der Waals surface area contributed by atoms with E-state index in [0.717, 1.165) is 22.9 Å². The fraction of sp³-hybridized carbons (Fsp3) is 0.579. The van der Waals surface area contributed by atoms with Crippen LogP contribution in [0.25, 0.3) is 0 Å². The predicted octanol–water partition coefficient (Wildman–Crippen LogP) is 4.68. The van der Waals surface area contributed by atoms with Crippen LogP contribution in [0, 0.1) is 5.92 Å². The molecular formula is C19H27BrO4. The molecule has 0 aromatic heterocycles. The molecule has 0 N–H and O–H groups in total. The summed E-state index contributed by atoms with van der Waals surface area (Å²) < 4.78 is 11.6. The summed E-state index contributed by atoms with van der Waals surface area (Å²) >= 11 is 3.41. The van der Waals surface area contributed by atoms with Gasteiger partial charge in [-0.2, -0.15) is 0 Å². The Balaban J connectivity index is 2.24. The lowest BCUT2D eigenvalue weighted by molar-refractivity contribution is -0.155. The van der Waals surface area contributed by atoms with E-state index in [1.165, 1.54) is 0 Å². The number of carbonyl (C=O) groups is 2. The summed E-state index contributed by atoms with van der Waals surface area (Å²) in [5, 5.41) is 0. The molecule has 0 aliphatic rings. The van der Waals surface area contributed by atoms with Crippen LogP contribution in [0.1, 0.15) is 52.0 Å². The van der Waals surface area contributed by atoms with Crippen molar-refractivity contribution in [3.8, 4) is 0 Å². The average Bonchev–Trinajstić information content (AvgIpc) is 2.52. The third kappa shape index (κ3) is 8.48. The van der Waals surface area contributed by atoms with Crippen molar-refractivity contribution in [1.82, 2.24) is 0 Å². The number of rotatable bonds is 10. The molecule has 0 heterocycles. The molecule has 1 aromatic carbocycles. The van der Waals surface area contributed by atoms with Crippen LogP contribution in [-0.4, -0.2) is 24.6 Å². The average molecular weight is 399 g/mol. The van der Waals surface area contributed by atoms with Crippen LogP contribution < -0.4 is 0 Å². The van der Waals surface area contributed by atoms with Crippen LogP contribution in [0.2, 0.25) is 0 Å². The standard InChI is InChI=1S/C19H27BrO4/c1-4-6-17(14(2)3)24-19(22)10-9-18(21)23-12-11-15-7-5-8-16(20)13-15/h5,7-8,13-14,17H,4,6,9-12H2,1-3H3. The molecule has 1 aromatic rings. The molecule has 4 nitrogen and oxygen atoms in total. The van der Waals surface area contributed by atoms with Gasteiger partial charge in [-0.15, -0.1) is 0 Å². The quantitative estimate of drug-likeness (QED) is 0.536. The maximum atomic E-state index is 11.8. The zero-order chi connectivity index (χ0) is 17.9. The SMILES string of the molecule is CCCC(OC(=O)CCC(=O)OCCc1cccc(Br)c1)C(C)C. The van der Waals surface area contributed by atoms with Crippen LogP contribution in [-0.2, 0) is 25.5 Å².